The second-order valence-corrected chi connectivity index (χ2v) is 4.45. The van der Waals surface area contributed by atoms with E-state index >= 15 is 0 Å². The van der Waals surface area contributed by atoms with Crippen molar-refractivity contribution in [3.8, 4) is 0 Å². The standard InChI is InChI=1S/C10H20O2.C4H6O2/c1-4-6-7-8-10(3,5-2)9(11)12;1-3-6-4(2)5/h4-8H2,1-3H3,(H,11,12);3H,1H2,2H3. The summed E-state index contributed by atoms with van der Waals surface area (Å²) in [5, 5.41) is 8.93. The van der Waals surface area contributed by atoms with Crippen molar-refractivity contribution in [1.29, 1.82) is 0 Å². The lowest BCUT2D eigenvalue weighted by Gasteiger charge is -2.22. The number of ether oxygens (including phenoxy) is 1. The molecule has 0 bridgehead atoms. The van der Waals surface area contributed by atoms with Gasteiger partial charge in [-0.2, -0.15) is 0 Å². The Kier molecular flexibility index (Phi) is 11.4. The van der Waals surface area contributed by atoms with Crippen LogP contribution in [0.2, 0.25) is 0 Å². The number of carboxylic acids is 1. The van der Waals surface area contributed by atoms with Crippen LogP contribution in [0.15, 0.2) is 12.8 Å². The Bertz CT molecular complexity index is 261. The predicted molar refractivity (Wildman–Crippen MR) is 72.1 cm³/mol. The minimum atomic E-state index is -0.652. The summed E-state index contributed by atoms with van der Waals surface area (Å²) >= 11 is 0. The molecule has 0 aliphatic carbocycles. The van der Waals surface area contributed by atoms with Gasteiger partial charge in [0.25, 0.3) is 0 Å². The summed E-state index contributed by atoms with van der Waals surface area (Å²) in [5.74, 6) is -0.980. The lowest BCUT2D eigenvalue weighted by Crippen LogP contribution is -2.26. The minimum absolute atomic E-state index is 0.329. The van der Waals surface area contributed by atoms with Gasteiger partial charge in [0.1, 0.15) is 0 Å². The van der Waals surface area contributed by atoms with Crippen molar-refractivity contribution in [3.63, 3.8) is 0 Å². The third kappa shape index (κ3) is 9.87. The second-order valence-electron chi connectivity index (χ2n) is 4.45. The predicted octanol–water partition coefficient (Wildman–Crippen LogP) is 3.76. The highest BCUT2D eigenvalue weighted by Gasteiger charge is 2.29. The molecule has 4 heteroatoms. The van der Waals surface area contributed by atoms with Crippen LogP contribution in [-0.2, 0) is 14.3 Å². The van der Waals surface area contributed by atoms with E-state index in [0.717, 1.165) is 38.4 Å². The van der Waals surface area contributed by atoms with Crippen molar-refractivity contribution in [2.24, 2.45) is 5.41 Å². The van der Waals surface area contributed by atoms with Crippen molar-refractivity contribution >= 4 is 11.9 Å². The first kappa shape index (κ1) is 19.0. The Morgan fingerprint density at radius 2 is 1.89 bits per heavy atom. The van der Waals surface area contributed by atoms with E-state index in [9.17, 15) is 9.59 Å². The zero-order valence-electron chi connectivity index (χ0n) is 12.0. The van der Waals surface area contributed by atoms with E-state index in [4.69, 9.17) is 5.11 Å². The van der Waals surface area contributed by atoms with Crippen molar-refractivity contribution < 1.29 is 19.4 Å². The molecule has 1 N–H and O–H groups in total. The van der Waals surface area contributed by atoms with E-state index < -0.39 is 11.4 Å². The van der Waals surface area contributed by atoms with E-state index in [1.165, 1.54) is 6.92 Å². The number of aliphatic carboxylic acids is 1. The van der Waals surface area contributed by atoms with Crippen LogP contribution in [0.1, 0.15) is 59.8 Å². The third-order valence-corrected chi connectivity index (χ3v) is 2.88. The number of carbonyl (C=O) groups is 2. The Balaban J connectivity index is 0. The fourth-order valence-electron chi connectivity index (χ4n) is 1.32. The van der Waals surface area contributed by atoms with Crippen LogP contribution in [0.4, 0.5) is 0 Å². The van der Waals surface area contributed by atoms with Crippen LogP contribution in [0.25, 0.3) is 0 Å². The van der Waals surface area contributed by atoms with Gasteiger partial charge in [0.2, 0.25) is 0 Å². The Morgan fingerprint density at radius 3 is 2.11 bits per heavy atom. The van der Waals surface area contributed by atoms with Gasteiger partial charge in [-0.05, 0) is 19.8 Å². The van der Waals surface area contributed by atoms with Gasteiger partial charge < -0.3 is 9.84 Å². The van der Waals surface area contributed by atoms with Crippen LogP contribution < -0.4 is 0 Å². The smallest absolute Gasteiger partial charge is 0.309 e. The zero-order chi connectivity index (χ0) is 14.6. The average molecular weight is 258 g/mol. The number of carboxylic acid groups (broad SMARTS) is 1. The van der Waals surface area contributed by atoms with E-state index in [0.29, 0.717) is 0 Å². The summed E-state index contributed by atoms with van der Waals surface area (Å²) in [6, 6.07) is 0. The second kappa shape index (κ2) is 10.8. The van der Waals surface area contributed by atoms with E-state index in [1.807, 2.05) is 13.8 Å². The first-order valence-corrected chi connectivity index (χ1v) is 6.35. The van der Waals surface area contributed by atoms with Gasteiger partial charge >= 0.3 is 11.9 Å². The molecular weight excluding hydrogens is 232 g/mol. The van der Waals surface area contributed by atoms with E-state index in [-0.39, 0.29) is 5.97 Å². The molecule has 0 radical (unpaired) electrons. The largest absolute Gasteiger partial charge is 0.481 e. The molecule has 0 saturated heterocycles. The number of hydrogen-bond donors (Lipinski definition) is 1. The maximum Gasteiger partial charge on any atom is 0.309 e. The van der Waals surface area contributed by atoms with Crippen molar-refractivity contribution in [1.82, 2.24) is 0 Å². The number of hydrogen-bond acceptors (Lipinski definition) is 3. The lowest BCUT2D eigenvalue weighted by molar-refractivity contribution is -0.148. The van der Waals surface area contributed by atoms with Gasteiger partial charge in [0, 0.05) is 6.92 Å². The van der Waals surface area contributed by atoms with Gasteiger partial charge in [0.05, 0.1) is 11.7 Å². The van der Waals surface area contributed by atoms with Gasteiger partial charge in [-0.15, -0.1) is 0 Å². The van der Waals surface area contributed by atoms with Crippen molar-refractivity contribution in [3.05, 3.63) is 12.8 Å². The highest BCUT2D eigenvalue weighted by Crippen LogP contribution is 2.28. The Hall–Kier alpha value is -1.32. The topological polar surface area (TPSA) is 63.6 Å². The number of esters is 1. The normalized spacial score (nSPS) is 12.7. The maximum absolute atomic E-state index is 10.8. The molecule has 18 heavy (non-hydrogen) atoms. The monoisotopic (exact) mass is 258 g/mol. The molecule has 0 fully saturated rings. The number of rotatable bonds is 7. The van der Waals surface area contributed by atoms with E-state index in [1.54, 1.807) is 0 Å². The highest BCUT2D eigenvalue weighted by molar-refractivity contribution is 5.73. The summed E-state index contributed by atoms with van der Waals surface area (Å²) < 4.78 is 4.17. The summed E-state index contributed by atoms with van der Waals surface area (Å²) in [6.45, 7) is 10.4. The van der Waals surface area contributed by atoms with Gasteiger partial charge in [-0.1, -0.05) is 39.7 Å². The van der Waals surface area contributed by atoms with Crippen LogP contribution in [0.3, 0.4) is 0 Å². The molecular formula is C14H26O4. The fraction of sp³-hybridized carbons (Fsp3) is 0.714. The number of carbonyl (C=O) groups excluding carboxylic acids is 1. The SMILES string of the molecule is C=COC(C)=O.CCCCCC(C)(CC)C(=O)O. The molecule has 4 nitrogen and oxygen atoms in total. The van der Waals surface area contributed by atoms with Gasteiger partial charge in [0.15, 0.2) is 0 Å². The molecule has 0 saturated carbocycles. The van der Waals surface area contributed by atoms with Crippen LogP contribution in [-0.4, -0.2) is 17.0 Å². The van der Waals surface area contributed by atoms with Crippen LogP contribution >= 0.6 is 0 Å². The van der Waals surface area contributed by atoms with Crippen LogP contribution in [0, 0.1) is 5.41 Å². The lowest BCUT2D eigenvalue weighted by atomic mass is 9.82. The Morgan fingerprint density at radius 1 is 1.33 bits per heavy atom. The Labute approximate surface area is 110 Å². The highest BCUT2D eigenvalue weighted by atomic mass is 16.5. The quantitative estimate of drug-likeness (QED) is 0.429. The molecule has 106 valence electrons. The first-order valence-electron chi connectivity index (χ1n) is 6.35. The minimum Gasteiger partial charge on any atom is -0.481 e. The molecule has 1 atom stereocenters. The zero-order valence-corrected chi connectivity index (χ0v) is 12.0. The van der Waals surface area contributed by atoms with Gasteiger partial charge in [-0.3, -0.25) is 9.59 Å². The fourth-order valence-corrected chi connectivity index (χ4v) is 1.32. The molecule has 0 spiro atoms. The summed E-state index contributed by atoms with van der Waals surface area (Å²) in [4.78, 5) is 20.6. The van der Waals surface area contributed by atoms with Crippen LogP contribution in [0.5, 0.6) is 0 Å². The molecule has 0 rings (SSSR count). The van der Waals surface area contributed by atoms with Gasteiger partial charge in [-0.25, -0.2) is 0 Å². The molecule has 0 aromatic heterocycles. The van der Waals surface area contributed by atoms with E-state index in [2.05, 4.69) is 18.2 Å². The molecule has 0 aromatic carbocycles. The summed E-state index contributed by atoms with van der Waals surface area (Å²) in [5.41, 5.74) is -0.491. The average Bonchev–Trinajstić information content (AvgIpc) is 2.29. The first-order chi connectivity index (χ1) is 8.33. The molecule has 0 aliphatic rings. The maximum atomic E-state index is 10.8. The van der Waals surface area contributed by atoms with Crippen molar-refractivity contribution in [2.75, 3.05) is 0 Å². The molecule has 0 amide bonds. The summed E-state index contributed by atoms with van der Waals surface area (Å²) in [6.07, 6.45) is 5.97. The molecule has 0 heterocycles. The molecule has 1 unspecified atom stereocenters. The summed E-state index contributed by atoms with van der Waals surface area (Å²) in [7, 11) is 0. The molecule has 0 aromatic rings. The number of unbranched alkanes of at least 4 members (excludes halogenated alkanes) is 2. The van der Waals surface area contributed by atoms with Crippen molar-refractivity contribution in [2.45, 2.75) is 59.8 Å². The third-order valence-electron chi connectivity index (χ3n) is 2.88. The molecule has 0 aliphatic heterocycles.